The summed E-state index contributed by atoms with van der Waals surface area (Å²) in [6.45, 7) is 4.02. The standard InChI is InChI=1S/C19H20N2O4/c1-4-5-10-25-19(24)16-15(17(22)21(3)18(16)23)14-11(2)20-13-9-7-6-8-12(13)14/h6-9,20H,4-5,10H2,1-3H3. The van der Waals surface area contributed by atoms with Crippen LogP contribution < -0.4 is 0 Å². The van der Waals surface area contributed by atoms with Crippen LogP contribution in [0.1, 0.15) is 31.0 Å². The second kappa shape index (κ2) is 6.55. The van der Waals surface area contributed by atoms with Gasteiger partial charge in [-0.25, -0.2) is 4.79 Å². The van der Waals surface area contributed by atoms with Gasteiger partial charge in [-0.05, 0) is 19.4 Å². The zero-order chi connectivity index (χ0) is 18.1. The maximum Gasteiger partial charge on any atom is 0.344 e. The molecule has 6 heteroatoms. The molecule has 0 aliphatic carbocycles. The van der Waals surface area contributed by atoms with Gasteiger partial charge in [-0.3, -0.25) is 14.5 Å². The van der Waals surface area contributed by atoms with E-state index in [4.69, 9.17) is 4.74 Å². The fourth-order valence-electron chi connectivity index (χ4n) is 3.04. The number of benzene rings is 1. The quantitative estimate of drug-likeness (QED) is 0.393. The van der Waals surface area contributed by atoms with Crippen molar-refractivity contribution in [2.24, 2.45) is 0 Å². The van der Waals surface area contributed by atoms with E-state index >= 15 is 0 Å². The van der Waals surface area contributed by atoms with Crippen LogP contribution in [0, 0.1) is 6.92 Å². The van der Waals surface area contributed by atoms with Crippen LogP contribution in [0.15, 0.2) is 29.8 Å². The van der Waals surface area contributed by atoms with Crippen molar-refractivity contribution >= 4 is 34.3 Å². The van der Waals surface area contributed by atoms with Crippen molar-refractivity contribution in [3.63, 3.8) is 0 Å². The highest BCUT2D eigenvalue weighted by atomic mass is 16.5. The molecule has 0 saturated carbocycles. The van der Waals surface area contributed by atoms with Gasteiger partial charge >= 0.3 is 5.97 Å². The number of likely N-dealkylation sites (N-methyl/N-ethyl adjacent to an activating group) is 1. The minimum absolute atomic E-state index is 0.115. The molecular weight excluding hydrogens is 320 g/mol. The van der Waals surface area contributed by atoms with Crippen molar-refractivity contribution in [2.75, 3.05) is 13.7 Å². The maximum absolute atomic E-state index is 12.7. The monoisotopic (exact) mass is 340 g/mol. The number of unbranched alkanes of at least 4 members (excludes halogenated alkanes) is 1. The van der Waals surface area contributed by atoms with E-state index in [1.807, 2.05) is 38.1 Å². The third-order valence-electron chi connectivity index (χ3n) is 4.37. The second-order valence-electron chi connectivity index (χ2n) is 6.08. The fraction of sp³-hybridized carbons (Fsp3) is 0.316. The topological polar surface area (TPSA) is 79.5 Å². The van der Waals surface area contributed by atoms with Crippen molar-refractivity contribution in [3.05, 3.63) is 41.1 Å². The molecule has 1 aliphatic heterocycles. The Labute approximate surface area is 145 Å². The average Bonchev–Trinajstić information content (AvgIpc) is 3.03. The van der Waals surface area contributed by atoms with Crippen molar-refractivity contribution < 1.29 is 19.1 Å². The molecule has 1 aromatic carbocycles. The molecule has 130 valence electrons. The van der Waals surface area contributed by atoms with Crippen molar-refractivity contribution in [2.45, 2.75) is 26.7 Å². The largest absolute Gasteiger partial charge is 0.462 e. The lowest BCUT2D eigenvalue weighted by Crippen LogP contribution is -2.28. The van der Waals surface area contributed by atoms with Crippen molar-refractivity contribution in [3.8, 4) is 0 Å². The Morgan fingerprint density at radius 2 is 1.92 bits per heavy atom. The second-order valence-corrected chi connectivity index (χ2v) is 6.08. The van der Waals surface area contributed by atoms with Crippen LogP contribution in [0.2, 0.25) is 0 Å². The summed E-state index contributed by atoms with van der Waals surface area (Å²) in [5, 5.41) is 0.797. The lowest BCUT2D eigenvalue weighted by atomic mass is 9.98. The molecule has 2 heterocycles. The van der Waals surface area contributed by atoms with E-state index in [-0.39, 0.29) is 17.8 Å². The number of aryl methyl sites for hydroxylation is 1. The highest BCUT2D eigenvalue weighted by Crippen LogP contribution is 2.35. The Hall–Kier alpha value is -2.89. The number of nitrogens with zero attached hydrogens (tertiary/aromatic N) is 1. The third-order valence-corrected chi connectivity index (χ3v) is 4.37. The number of aromatic amines is 1. The Morgan fingerprint density at radius 1 is 1.20 bits per heavy atom. The summed E-state index contributed by atoms with van der Waals surface area (Å²) in [4.78, 5) is 41.8. The number of aromatic nitrogens is 1. The van der Waals surface area contributed by atoms with Crippen LogP contribution in [-0.4, -0.2) is 41.3 Å². The highest BCUT2D eigenvalue weighted by molar-refractivity contribution is 6.44. The maximum atomic E-state index is 12.7. The number of rotatable bonds is 5. The van der Waals surface area contributed by atoms with E-state index in [1.54, 1.807) is 0 Å². The Morgan fingerprint density at radius 3 is 2.64 bits per heavy atom. The zero-order valence-electron chi connectivity index (χ0n) is 14.5. The molecule has 0 radical (unpaired) electrons. The van der Waals surface area contributed by atoms with Gasteiger partial charge in [0.1, 0.15) is 5.57 Å². The van der Waals surface area contributed by atoms with Gasteiger partial charge in [0.2, 0.25) is 0 Å². The molecule has 0 spiro atoms. The molecule has 2 amide bonds. The number of nitrogens with one attached hydrogen (secondary N) is 1. The number of carbonyl (C=O) groups is 3. The summed E-state index contributed by atoms with van der Waals surface area (Å²) < 4.78 is 5.21. The average molecular weight is 340 g/mol. The number of esters is 1. The van der Waals surface area contributed by atoms with E-state index in [2.05, 4.69) is 4.98 Å². The molecule has 25 heavy (non-hydrogen) atoms. The molecule has 0 atom stereocenters. The minimum atomic E-state index is -0.740. The van der Waals surface area contributed by atoms with E-state index in [0.29, 0.717) is 12.0 Å². The molecule has 1 aromatic heterocycles. The van der Waals surface area contributed by atoms with Crippen LogP contribution in [0.5, 0.6) is 0 Å². The fourth-order valence-corrected chi connectivity index (χ4v) is 3.04. The first-order valence-electron chi connectivity index (χ1n) is 8.28. The van der Waals surface area contributed by atoms with Crippen molar-refractivity contribution in [1.82, 2.24) is 9.88 Å². The number of ether oxygens (including phenoxy) is 1. The number of hydrogen-bond donors (Lipinski definition) is 1. The van der Waals surface area contributed by atoms with Gasteiger partial charge < -0.3 is 9.72 Å². The van der Waals surface area contributed by atoms with E-state index in [9.17, 15) is 14.4 Å². The number of H-pyrrole nitrogens is 1. The predicted octanol–water partition coefficient (Wildman–Crippen LogP) is 2.57. The minimum Gasteiger partial charge on any atom is -0.462 e. The third kappa shape index (κ3) is 2.73. The highest BCUT2D eigenvalue weighted by Gasteiger charge is 2.42. The van der Waals surface area contributed by atoms with Gasteiger partial charge in [0.25, 0.3) is 11.8 Å². The first-order chi connectivity index (χ1) is 12.0. The van der Waals surface area contributed by atoms with Gasteiger partial charge in [0.05, 0.1) is 12.2 Å². The van der Waals surface area contributed by atoms with Gasteiger partial charge in [0, 0.05) is 29.2 Å². The summed E-state index contributed by atoms with van der Waals surface area (Å²) in [6.07, 6.45) is 1.58. The normalized spacial score (nSPS) is 14.8. The first-order valence-corrected chi connectivity index (χ1v) is 8.28. The van der Waals surface area contributed by atoms with Gasteiger partial charge in [0.15, 0.2) is 0 Å². The van der Waals surface area contributed by atoms with Crippen LogP contribution >= 0.6 is 0 Å². The van der Waals surface area contributed by atoms with Gasteiger partial charge in [-0.1, -0.05) is 31.5 Å². The SMILES string of the molecule is CCCCOC(=O)C1=C(c2c(C)[nH]c3ccccc23)C(=O)N(C)C1=O. The Balaban J connectivity index is 2.17. The molecule has 0 saturated heterocycles. The molecule has 1 N–H and O–H groups in total. The zero-order valence-corrected chi connectivity index (χ0v) is 14.5. The molecule has 2 aromatic rings. The molecule has 1 aliphatic rings. The number of para-hydroxylation sites is 1. The number of carbonyl (C=O) groups excluding carboxylic acids is 3. The summed E-state index contributed by atoms with van der Waals surface area (Å²) >= 11 is 0. The number of amides is 2. The predicted molar refractivity (Wildman–Crippen MR) is 93.6 cm³/mol. The first kappa shape index (κ1) is 17.0. The van der Waals surface area contributed by atoms with Crippen LogP contribution in [0.25, 0.3) is 16.5 Å². The van der Waals surface area contributed by atoms with E-state index < -0.39 is 17.8 Å². The Bertz CT molecular complexity index is 907. The lowest BCUT2D eigenvalue weighted by Gasteiger charge is -2.06. The summed E-state index contributed by atoms with van der Waals surface area (Å²) in [6, 6.07) is 7.47. The van der Waals surface area contributed by atoms with Crippen LogP contribution in [-0.2, 0) is 19.1 Å². The van der Waals surface area contributed by atoms with Gasteiger partial charge in [-0.15, -0.1) is 0 Å². The summed E-state index contributed by atoms with van der Waals surface area (Å²) in [7, 11) is 1.38. The van der Waals surface area contributed by atoms with Crippen LogP contribution in [0.4, 0.5) is 0 Å². The summed E-state index contributed by atoms with van der Waals surface area (Å²) in [5.41, 5.74) is 2.09. The van der Waals surface area contributed by atoms with E-state index in [0.717, 1.165) is 27.9 Å². The lowest BCUT2D eigenvalue weighted by molar-refractivity contribution is -0.142. The van der Waals surface area contributed by atoms with Crippen LogP contribution in [0.3, 0.4) is 0 Å². The Kier molecular flexibility index (Phi) is 4.44. The molecular formula is C19H20N2O4. The van der Waals surface area contributed by atoms with Gasteiger partial charge in [-0.2, -0.15) is 0 Å². The van der Waals surface area contributed by atoms with Crippen molar-refractivity contribution in [1.29, 1.82) is 0 Å². The molecule has 0 unspecified atom stereocenters. The number of imide groups is 1. The molecule has 0 bridgehead atoms. The number of fused-ring (bicyclic) bond motifs is 1. The van der Waals surface area contributed by atoms with E-state index in [1.165, 1.54) is 7.05 Å². The molecule has 6 nitrogen and oxygen atoms in total. The summed E-state index contributed by atoms with van der Waals surface area (Å²) in [5.74, 6) is -1.85. The number of hydrogen-bond acceptors (Lipinski definition) is 4. The molecule has 0 fully saturated rings. The molecule has 3 rings (SSSR count). The smallest absolute Gasteiger partial charge is 0.344 e.